The first-order valence-corrected chi connectivity index (χ1v) is 6.63. The highest BCUT2D eigenvalue weighted by Crippen LogP contribution is 2.19. The third kappa shape index (κ3) is 3.30. The summed E-state index contributed by atoms with van der Waals surface area (Å²) < 4.78 is 0.801. The van der Waals surface area contributed by atoms with Crippen molar-refractivity contribution in [2.24, 2.45) is 0 Å². The minimum atomic E-state index is -0.295. The standard InChI is InChI=1S/C11H6Cl2IN3O/c12-6-1-2-8(14)7(3-6)11(18)17-10-4-9(13)15-5-16-10/h1-5H,(H,15,16,17,18). The van der Waals surface area contributed by atoms with Crippen LogP contribution in [0, 0.1) is 3.57 Å². The number of nitrogens with zero attached hydrogens (tertiary/aromatic N) is 2. The molecule has 1 N–H and O–H groups in total. The molecule has 1 aromatic carbocycles. The SMILES string of the molecule is O=C(Nc1cc(Cl)ncn1)c1cc(Cl)ccc1I. The Hall–Kier alpha value is -0.920. The monoisotopic (exact) mass is 393 g/mol. The molecule has 0 saturated carbocycles. The molecule has 0 spiro atoms. The fourth-order valence-electron chi connectivity index (χ4n) is 1.26. The average Bonchev–Trinajstić information content (AvgIpc) is 2.32. The maximum atomic E-state index is 12.0. The van der Waals surface area contributed by atoms with E-state index in [0.29, 0.717) is 16.4 Å². The summed E-state index contributed by atoms with van der Waals surface area (Å²) in [6.45, 7) is 0. The quantitative estimate of drug-likeness (QED) is 0.626. The normalized spacial score (nSPS) is 10.2. The number of aromatic nitrogens is 2. The second-order valence-corrected chi connectivity index (χ2v) is 5.29. The number of hydrogen-bond acceptors (Lipinski definition) is 3. The van der Waals surface area contributed by atoms with Crippen LogP contribution >= 0.6 is 45.8 Å². The molecular formula is C11H6Cl2IN3O. The minimum absolute atomic E-state index is 0.265. The topological polar surface area (TPSA) is 54.9 Å². The minimum Gasteiger partial charge on any atom is -0.306 e. The Bertz CT molecular complexity index is 607. The van der Waals surface area contributed by atoms with E-state index in [0.717, 1.165) is 3.57 Å². The fraction of sp³-hybridized carbons (Fsp3) is 0. The maximum Gasteiger partial charge on any atom is 0.257 e. The van der Waals surface area contributed by atoms with Gasteiger partial charge in [0, 0.05) is 14.7 Å². The summed E-state index contributed by atoms with van der Waals surface area (Å²) in [5.41, 5.74) is 0.484. The second-order valence-electron chi connectivity index (χ2n) is 3.30. The van der Waals surface area contributed by atoms with Crippen molar-refractivity contribution in [1.29, 1.82) is 0 Å². The largest absolute Gasteiger partial charge is 0.306 e. The smallest absolute Gasteiger partial charge is 0.257 e. The highest BCUT2D eigenvalue weighted by atomic mass is 127. The molecule has 0 unspecified atom stereocenters. The van der Waals surface area contributed by atoms with Crippen LogP contribution < -0.4 is 5.32 Å². The Kier molecular flexibility index (Phi) is 4.36. The van der Waals surface area contributed by atoms with Crippen LogP contribution in [0.15, 0.2) is 30.6 Å². The Morgan fingerprint density at radius 2 is 2.00 bits per heavy atom. The predicted molar refractivity (Wildman–Crippen MR) is 79.2 cm³/mol. The molecule has 2 rings (SSSR count). The lowest BCUT2D eigenvalue weighted by atomic mass is 10.2. The molecule has 0 aliphatic carbocycles. The fourth-order valence-corrected chi connectivity index (χ4v) is 2.16. The molecule has 4 nitrogen and oxygen atoms in total. The molecule has 0 saturated heterocycles. The Morgan fingerprint density at radius 1 is 1.22 bits per heavy atom. The van der Waals surface area contributed by atoms with Gasteiger partial charge in [0.15, 0.2) is 0 Å². The molecule has 2 aromatic rings. The lowest BCUT2D eigenvalue weighted by Crippen LogP contribution is -2.14. The Morgan fingerprint density at radius 3 is 2.72 bits per heavy atom. The van der Waals surface area contributed by atoms with Crippen molar-refractivity contribution >= 4 is 57.5 Å². The van der Waals surface area contributed by atoms with Gasteiger partial charge in [0.25, 0.3) is 5.91 Å². The van der Waals surface area contributed by atoms with E-state index in [4.69, 9.17) is 23.2 Å². The van der Waals surface area contributed by atoms with E-state index in [9.17, 15) is 4.79 Å². The number of rotatable bonds is 2. The number of hydrogen-bond donors (Lipinski definition) is 1. The first-order valence-electron chi connectivity index (χ1n) is 4.80. The zero-order chi connectivity index (χ0) is 13.1. The summed E-state index contributed by atoms with van der Waals surface area (Å²) >= 11 is 13.6. The average molecular weight is 394 g/mol. The molecule has 1 amide bonds. The summed E-state index contributed by atoms with van der Waals surface area (Å²) in [4.78, 5) is 19.6. The number of amides is 1. The van der Waals surface area contributed by atoms with Gasteiger partial charge in [-0.05, 0) is 40.8 Å². The summed E-state index contributed by atoms with van der Waals surface area (Å²) in [6, 6.07) is 6.56. The molecule has 0 fully saturated rings. The second kappa shape index (κ2) is 5.81. The summed E-state index contributed by atoms with van der Waals surface area (Å²) in [7, 11) is 0. The van der Waals surface area contributed by atoms with Crippen molar-refractivity contribution in [1.82, 2.24) is 9.97 Å². The van der Waals surface area contributed by atoms with Crippen molar-refractivity contribution < 1.29 is 4.79 Å². The van der Waals surface area contributed by atoms with Crippen LogP contribution in [0.1, 0.15) is 10.4 Å². The summed E-state index contributed by atoms with van der Waals surface area (Å²) in [5, 5.41) is 3.40. The maximum absolute atomic E-state index is 12.0. The van der Waals surface area contributed by atoms with Crippen LogP contribution in [0.2, 0.25) is 10.2 Å². The van der Waals surface area contributed by atoms with Gasteiger partial charge in [-0.3, -0.25) is 4.79 Å². The first-order chi connectivity index (χ1) is 8.56. The third-order valence-electron chi connectivity index (χ3n) is 2.05. The van der Waals surface area contributed by atoms with Gasteiger partial charge < -0.3 is 5.32 Å². The Labute approximate surface area is 127 Å². The molecule has 92 valence electrons. The highest BCUT2D eigenvalue weighted by Gasteiger charge is 2.11. The van der Waals surface area contributed by atoms with Gasteiger partial charge in [-0.25, -0.2) is 9.97 Å². The van der Waals surface area contributed by atoms with E-state index in [2.05, 4.69) is 37.9 Å². The number of carbonyl (C=O) groups is 1. The zero-order valence-corrected chi connectivity index (χ0v) is 12.5. The van der Waals surface area contributed by atoms with Gasteiger partial charge in [-0.1, -0.05) is 23.2 Å². The first kappa shape index (κ1) is 13.5. The van der Waals surface area contributed by atoms with Crippen molar-refractivity contribution in [2.45, 2.75) is 0 Å². The molecule has 0 aliphatic rings. The number of benzene rings is 1. The van der Waals surface area contributed by atoms with Crippen LogP contribution in [0.3, 0.4) is 0 Å². The van der Waals surface area contributed by atoms with E-state index in [1.165, 1.54) is 12.4 Å². The molecule has 1 heterocycles. The van der Waals surface area contributed by atoms with Crippen LogP contribution in [0.4, 0.5) is 5.82 Å². The van der Waals surface area contributed by atoms with Crippen LogP contribution in [-0.2, 0) is 0 Å². The van der Waals surface area contributed by atoms with E-state index < -0.39 is 0 Å². The lowest BCUT2D eigenvalue weighted by molar-refractivity contribution is 0.102. The molecule has 0 radical (unpaired) electrons. The molecule has 0 bridgehead atoms. The molecule has 1 aromatic heterocycles. The molecule has 0 atom stereocenters. The van der Waals surface area contributed by atoms with E-state index >= 15 is 0 Å². The van der Waals surface area contributed by atoms with Crippen molar-refractivity contribution in [3.8, 4) is 0 Å². The van der Waals surface area contributed by atoms with Crippen LogP contribution in [-0.4, -0.2) is 15.9 Å². The molecule has 0 aliphatic heterocycles. The number of nitrogens with one attached hydrogen (secondary N) is 1. The molecule has 7 heteroatoms. The predicted octanol–water partition coefficient (Wildman–Crippen LogP) is 3.64. The highest BCUT2D eigenvalue weighted by molar-refractivity contribution is 14.1. The van der Waals surface area contributed by atoms with E-state index in [1.54, 1.807) is 18.2 Å². The van der Waals surface area contributed by atoms with Gasteiger partial charge in [-0.15, -0.1) is 0 Å². The molecule has 18 heavy (non-hydrogen) atoms. The van der Waals surface area contributed by atoms with Crippen molar-refractivity contribution in [2.75, 3.05) is 5.32 Å². The van der Waals surface area contributed by atoms with Crippen LogP contribution in [0.5, 0.6) is 0 Å². The van der Waals surface area contributed by atoms with Gasteiger partial charge in [0.1, 0.15) is 17.3 Å². The zero-order valence-electron chi connectivity index (χ0n) is 8.82. The summed E-state index contributed by atoms with van der Waals surface area (Å²) in [6.07, 6.45) is 1.28. The van der Waals surface area contributed by atoms with Gasteiger partial charge in [0.05, 0.1) is 5.56 Å². The number of anilines is 1. The Balaban J connectivity index is 2.24. The number of carbonyl (C=O) groups excluding carboxylic acids is 1. The van der Waals surface area contributed by atoms with E-state index in [-0.39, 0.29) is 11.1 Å². The third-order valence-corrected chi connectivity index (χ3v) is 3.43. The van der Waals surface area contributed by atoms with Gasteiger partial charge in [-0.2, -0.15) is 0 Å². The number of halogens is 3. The van der Waals surface area contributed by atoms with E-state index in [1.807, 2.05) is 0 Å². The van der Waals surface area contributed by atoms with Crippen molar-refractivity contribution in [3.63, 3.8) is 0 Å². The van der Waals surface area contributed by atoms with Gasteiger partial charge >= 0.3 is 0 Å². The lowest BCUT2D eigenvalue weighted by Gasteiger charge is -2.06. The summed E-state index contributed by atoms with van der Waals surface area (Å²) in [5.74, 6) is 0.0486. The van der Waals surface area contributed by atoms with Crippen molar-refractivity contribution in [3.05, 3.63) is 49.9 Å². The van der Waals surface area contributed by atoms with Gasteiger partial charge in [0.2, 0.25) is 0 Å². The molecular weight excluding hydrogens is 388 g/mol. The van der Waals surface area contributed by atoms with Crippen LogP contribution in [0.25, 0.3) is 0 Å².